The van der Waals surface area contributed by atoms with Gasteiger partial charge in [0, 0.05) is 25.7 Å². The smallest absolute Gasteiger partial charge is 0.462 e. The molecule has 0 bridgehead atoms. The molecule has 0 fully saturated rings. The Bertz CT molecular complexity index is 1900. The number of aliphatic hydroxyl groups is 1. The monoisotopic (exact) mass is 1350 g/mol. The molecule has 17 nitrogen and oxygen atoms in total. The first-order chi connectivity index (χ1) is 44.3. The van der Waals surface area contributed by atoms with Gasteiger partial charge >= 0.3 is 39.5 Å². The van der Waals surface area contributed by atoms with Crippen molar-refractivity contribution in [3.8, 4) is 0 Å². The molecule has 542 valence electrons. The number of ether oxygens (including phenoxy) is 4. The van der Waals surface area contributed by atoms with Crippen LogP contribution in [0.5, 0.6) is 0 Å². The third-order valence-corrected chi connectivity index (χ3v) is 18.5. The summed E-state index contributed by atoms with van der Waals surface area (Å²) in [6.07, 6.45) is 50.7. The molecule has 0 spiro atoms. The largest absolute Gasteiger partial charge is 0.472 e. The number of hydrogen-bond acceptors (Lipinski definition) is 15. The fraction of sp³-hybridized carbons (Fsp3) is 0.890. The molecule has 0 aliphatic carbocycles. The predicted molar refractivity (Wildman–Crippen MR) is 372 cm³/mol. The number of rotatable bonds is 69. The second-order valence-corrected chi connectivity index (χ2v) is 29.7. The lowest BCUT2D eigenvalue weighted by atomic mass is 9.99. The second-order valence-electron chi connectivity index (χ2n) is 26.8. The molecule has 4 unspecified atom stereocenters. The van der Waals surface area contributed by atoms with Crippen LogP contribution in [0, 0.1) is 17.8 Å². The van der Waals surface area contributed by atoms with Crippen molar-refractivity contribution in [2.75, 3.05) is 39.6 Å². The van der Waals surface area contributed by atoms with Gasteiger partial charge in [-0.3, -0.25) is 37.3 Å². The van der Waals surface area contributed by atoms with Crippen molar-refractivity contribution in [2.45, 2.75) is 362 Å². The van der Waals surface area contributed by atoms with Crippen LogP contribution in [0.25, 0.3) is 0 Å². The van der Waals surface area contributed by atoms with Gasteiger partial charge in [0.15, 0.2) is 12.2 Å². The summed E-state index contributed by atoms with van der Waals surface area (Å²) in [7, 11) is -9.92. The summed E-state index contributed by atoms with van der Waals surface area (Å²) < 4.78 is 68.4. The zero-order valence-electron chi connectivity index (χ0n) is 59.5. The summed E-state index contributed by atoms with van der Waals surface area (Å²) in [6, 6.07) is 0. The van der Waals surface area contributed by atoms with Crippen molar-refractivity contribution in [1.29, 1.82) is 0 Å². The zero-order valence-corrected chi connectivity index (χ0v) is 61.3. The maximum Gasteiger partial charge on any atom is 0.472 e. The molecule has 0 rings (SSSR count). The van der Waals surface area contributed by atoms with Crippen LogP contribution in [-0.2, 0) is 65.4 Å². The number of hydrogen-bond donors (Lipinski definition) is 3. The summed E-state index contributed by atoms with van der Waals surface area (Å²) in [6.45, 7) is 11.8. The Morgan fingerprint density at radius 2 is 0.641 bits per heavy atom. The maximum absolute atomic E-state index is 13.0. The lowest BCUT2D eigenvalue weighted by Crippen LogP contribution is -2.30. The van der Waals surface area contributed by atoms with Gasteiger partial charge in [-0.25, -0.2) is 9.13 Å². The fourth-order valence-corrected chi connectivity index (χ4v) is 12.1. The summed E-state index contributed by atoms with van der Waals surface area (Å²) in [5.74, 6) is 0.106. The molecule has 0 aromatic carbocycles. The highest BCUT2D eigenvalue weighted by molar-refractivity contribution is 7.47. The Balaban J connectivity index is 5.30. The van der Waals surface area contributed by atoms with Gasteiger partial charge in [-0.1, -0.05) is 291 Å². The second kappa shape index (κ2) is 63.3. The molecule has 0 aromatic rings. The van der Waals surface area contributed by atoms with Crippen LogP contribution in [0.15, 0.2) is 24.3 Å². The first-order valence-electron chi connectivity index (χ1n) is 37.2. The van der Waals surface area contributed by atoms with Gasteiger partial charge in [0.25, 0.3) is 0 Å². The lowest BCUT2D eigenvalue weighted by molar-refractivity contribution is -0.161. The normalized spacial score (nSPS) is 14.6. The number of phosphoric acid groups is 2. The van der Waals surface area contributed by atoms with Gasteiger partial charge in [-0.2, -0.15) is 0 Å². The first-order valence-corrected chi connectivity index (χ1v) is 40.2. The fourth-order valence-electron chi connectivity index (χ4n) is 10.5. The molecule has 92 heavy (non-hydrogen) atoms. The highest BCUT2D eigenvalue weighted by Crippen LogP contribution is 2.45. The minimum absolute atomic E-state index is 0.0838. The number of allylic oxidation sites excluding steroid dienone is 4. The van der Waals surface area contributed by atoms with Crippen LogP contribution in [0.4, 0.5) is 0 Å². The molecule has 0 heterocycles. The van der Waals surface area contributed by atoms with Gasteiger partial charge in [-0.05, 0) is 69.1 Å². The van der Waals surface area contributed by atoms with Crippen molar-refractivity contribution in [2.24, 2.45) is 17.8 Å². The van der Waals surface area contributed by atoms with Crippen LogP contribution < -0.4 is 0 Å². The Hall–Kier alpha value is -2.46. The standard InChI is InChI=1S/C73H138O17P2/c1-8-10-11-12-13-14-15-16-17-18-19-27-34-42-49-56-72(77)90-69(61-84-71(76)55-48-41-36-29-31-38-45-52-65(5)6)63-88-92(81,82)86-59-67(74)58-85-91(79,80)87-62-68(60-83-70(75)54-47-40-33-26-22-20-24-30-37-44-51-64(3)4)89-73(78)57-50-43-35-28-23-21-25-32-39-46-53-66(7)9-2/h14-17,64-69,74H,8-13,18-63H2,1-7H3,(H,79,80)(H,81,82)/b15-14-,17-16-/t66?,67?,68-,69-/m1/s1. The maximum atomic E-state index is 13.0. The van der Waals surface area contributed by atoms with Crippen molar-refractivity contribution in [3.05, 3.63) is 24.3 Å². The van der Waals surface area contributed by atoms with Crippen LogP contribution in [-0.4, -0.2) is 96.7 Å². The average Bonchev–Trinajstić information content (AvgIpc) is 2.57. The summed E-state index contributed by atoms with van der Waals surface area (Å²) in [5, 5.41) is 10.6. The summed E-state index contributed by atoms with van der Waals surface area (Å²) in [5.41, 5.74) is 0. The molecule has 19 heteroatoms. The lowest BCUT2D eigenvalue weighted by Gasteiger charge is -2.21. The summed E-state index contributed by atoms with van der Waals surface area (Å²) >= 11 is 0. The molecule has 0 radical (unpaired) electrons. The molecular weight excluding hydrogens is 1210 g/mol. The van der Waals surface area contributed by atoms with Gasteiger partial charge in [0.2, 0.25) is 0 Å². The topological polar surface area (TPSA) is 237 Å². The Morgan fingerprint density at radius 3 is 0.967 bits per heavy atom. The van der Waals surface area contributed by atoms with E-state index in [1.807, 2.05) is 0 Å². The Labute approximate surface area is 561 Å². The van der Waals surface area contributed by atoms with Gasteiger partial charge in [0.1, 0.15) is 19.3 Å². The van der Waals surface area contributed by atoms with E-state index >= 15 is 0 Å². The highest BCUT2D eigenvalue weighted by atomic mass is 31.2. The summed E-state index contributed by atoms with van der Waals surface area (Å²) in [4.78, 5) is 72.7. The van der Waals surface area contributed by atoms with E-state index in [1.165, 1.54) is 135 Å². The molecule has 0 aliphatic heterocycles. The first kappa shape index (κ1) is 89.5. The van der Waals surface area contributed by atoms with E-state index in [4.69, 9.17) is 37.0 Å². The highest BCUT2D eigenvalue weighted by Gasteiger charge is 2.30. The number of unbranched alkanes of at least 4 members (excludes halogenated alkanes) is 33. The van der Waals surface area contributed by atoms with E-state index in [2.05, 4.69) is 72.8 Å². The molecule has 0 aromatic heterocycles. The van der Waals surface area contributed by atoms with E-state index in [0.717, 1.165) is 121 Å². The van der Waals surface area contributed by atoms with Crippen molar-refractivity contribution < 1.29 is 80.2 Å². The number of carbonyl (C=O) groups is 4. The van der Waals surface area contributed by atoms with Gasteiger partial charge in [0.05, 0.1) is 26.4 Å². The zero-order chi connectivity index (χ0) is 68.0. The molecular formula is C73H138O17P2. The minimum atomic E-state index is -4.96. The third kappa shape index (κ3) is 64.9. The number of carbonyl (C=O) groups excluding carboxylic acids is 4. The van der Waals surface area contributed by atoms with Gasteiger partial charge in [-0.15, -0.1) is 0 Å². The number of esters is 4. The molecule has 0 aliphatic rings. The van der Waals surface area contributed by atoms with Crippen LogP contribution in [0.3, 0.4) is 0 Å². The van der Waals surface area contributed by atoms with Crippen LogP contribution in [0.2, 0.25) is 0 Å². The molecule has 0 amide bonds. The molecule has 3 N–H and O–H groups in total. The van der Waals surface area contributed by atoms with E-state index < -0.39 is 97.5 Å². The van der Waals surface area contributed by atoms with E-state index in [0.29, 0.717) is 31.6 Å². The Morgan fingerprint density at radius 1 is 0.359 bits per heavy atom. The van der Waals surface area contributed by atoms with Crippen molar-refractivity contribution in [1.82, 2.24) is 0 Å². The molecule has 6 atom stereocenters. The SMILES string of the molecule is CCCCCC/C=C\C=C/CCCCCCCC(=O)O[C@H](COC(=O)CCCCCCCCCC(C)C)COP(=O)(O)OCC(O)COP(=O)(O)OC[C@@H](COC(=O)CCCCCCCCCCCCC(C)C)OC(=O)CCCCCCCCCCCCC(C)CC. The van der Waals surface area contributed by atoms with E-state index in [9.17, 15) is 43.2 Å². The van der Waals surface area contributed by atoms with Gasteiger partial charge < -0.3 is 33.8 Å². The van der Waals surface area contributed by atoms with Crippen molar-refractivity contribution in [3.63, 3.8) is 0 Å². The third-order valence-electron chi connectivity index (χ3n) is 16.6. The van der Waals surface area contributed by atoms with Crippen LogP contribution >= 0.6 is 15.6 Å². The predicted octanol–water partition coefficient (Wildman–Crippen LogP) is 20.6. The average molecular weight is 1350 g/mol. The molecule has 0 saturated heterocycles. The number of phosphoric ester groups is 2. The molecule has 0 saturated carbocycles. The minimum Gasteiger partial charge on any atom is -0.462 e. The van der Waals surface area contributed by atoms with Crippen LogP contribution in [0.1, 0.15) is 344 Å². The quantitative estimate of drug-likeness (QED) is 0.0169. The van der Waals surface area contributed by atoms with E-state index in [-0.39, 0.29) is 25.7 Å². The number of aliphatic hydroxyl groups excluding tert-OH is 1. The van der Waals surface area contributed by atoms with Crippen molar-refractivity contribution >= 4 is 39.5 Å². The van der Waals surface area contributed by atoms with E-state index in [1.54, 1.807) is 0 Å². The Kier molecular flexibility index (Phi) is 61.6.